The van der Waals surface area contributed by atoms with E-state index in [1.54, 1.807) is 24.3 Å². The predicted molar refractivity (Wildman–Crippen MR) is 61.9 cm³/mol. The van der Waals surface area contributed by atoms with Gasteiger partial charge in [0.25, 0.3) is 7.37 Å². The van der Waals surface area contributed by atoms with E-state index >= 15 is 0 Å². The van der Waals surface area contributed by atoms with Crippen LogP contribution in [0.15, 0.2) is 54.6 Å². The Morgan fingerprint density at radius 2 is 1.50 bits per heavy atom. The third-order valence-electron chi connectivity index (χ3n) is 2.29. The first-order valence-electron chi connectivity index (χ1n) is 4.76. The fourth-order valence-electron chi connectivity index (χ4n) is 1.47. The summed E-state index contributed by atoms with van der Waals surface area (Å²) in [6.07, 6.45) is 0. The average Bonchev–Trinajstić information content (AvgIpc) is 2.30. The van der Waals surface area contributed by atoms with Gasteiger partial charge in [-0.25, -0.2) is 4.39 Å². The molecule has 0 aliphatic rings. The van der Waals surface area contributed by atoms with Crippen molar-refractivity contribution in [1.29, 1.82) is 0 Å². The van der Waals surface area contributed by atoms with Crippen LogP contribution in [-0.4, -0.2) is 4.89 Å². The van der Waals surface area contributed by atoms with Crippen molar-refractivity contribution in [3.63, 3.8) is 0 Å². The largest absolute Gasteiger partial charge is 0.338 e. The zero-order valence-corrected chi connectivity index (χ0v) is 9.27. The molecule has 0 fully saturated rings. The van der Waals surface area contributed by atoms with Gasteiger partial charge in [-0.05, 0) is 24.3 Å². The van der Waals surface area contributed by atoms with E-state index in [0.717, 1.165) is 0 Å². The molecule has 0 amide bonds. The topological polar surface area (TPSA) is 37.3 Å². The summed E-state index contributed by atoms with van der Waals surface area (Å²) in [5, 5.41) is 0.0845. The first-order chi connectivity index (χ1) is 7.62. The molecule has 0 aliphatic heterocycles. The van der Waals surface area contributed by atoms with E-state index < -0.39 is 13.2 Å². The van der Waals surface area contributed by atoms with Crippen molar-refractivity contribution in [1.82, 2.24) is 0 Å². The molecule has 1 unspecified atom stereocenters. The third kappa shape index (κ3) is 1.92. The van der Waals surface area contributed by atoms with Crippen LogP contribution >= 0.6 is 7.37 Å². The zero-order chi connectivity index (χ0) is 11.6. The molecule has 0 aromatic heterocycles. The fraction of sp³-hybridized carbons (Fsp3) is 0. The maximum atomic E-state index is 13.4. The van der Waals surface area contributed by atoms with E-state index in [1.165, 1.54) is 30.3 Å². The molecule has 0 bridgehead atoms. The lowest BCUT2D eigenvalue weighted by Gasteiger charge is -2.12. The van der Waals surface area contributed by atoms with Crippen molar-refractivity contribution in [2.24, 2.45) is 0 Å². The second-order valence-corrected chi connectivity index (χ2v) is 5.51. The molecule has 1 atom stereocenters. The van der Waals surface area contributed by atoms with Gasteiger partial charge < -0.3 is 4.89 Å². The van der Waals surface area contributed by atoms with Crippen LogP contribution < -0.4 is 10.6 Å². The van der Waals surface area contributed by atoms with Gasteiger partial charge in [-0.2, -0.15) is 0 Å². The van der Waals surface area contributed by atoms with Crippen molar-refractivity contribution in [2.45, 2.75) is 0 Å². The minimum Gasteiger partial charge on any atom is -0.338 e. The van der Waals surface area contributed by atoms with Gasteiger partial charge in [-0.3, -0.25) is 4.57 Å². The Labute approximate surface area is 92.8 Å². The Bertz CT molecular complexity index is 540. The van der Waals surface area contributed by atoms with Crippen molar-refractivity contribution in [3.8, 4) is 0 Å². The number of halogens is 1. The zero-order valence-electron chi connectivity index (χ0n) is 8.38. The highest BCUT2D eigenvalue weighted by molar-refractivity contribution is 7.73. The van der Waals surface area contributed by atoms with Crippen molar-refractivity contribution in [3.05, 3.63) is 60.4 Å². The van der Waals surface area contributed by atoms with Crippen LogP contribution in [0.4, 0.5) is 4.39 Å². The Morgan fingerprint density at radius 3 is 2.12 bits per heavy atom. The summed E-state index contributed by atoms with van der Waals surface area (Å²) < 4.78 is 25.6. The van der Waals surface area contributed by atoms with Crippen LogP contribution in [0.5, 0.6) is 0 Å². The third-order valence-corrected chi connectivity index (χ3v) is 4.30. The van der Waals surface area contributed by atoms with Gasteiger partial charge in [-0.1, -0.05) is 30.3 Å². The first-order valence-corrected chi connectivity index (χ1v) is 6.42. The minimum atomic E-state index is -3.81. The van der Waals surface area contributed by atoms with Gasteiger partial charge in [0.2, 0.25) is 0 Å². The molecule has 1 N–H and O–H groups in total. The molecule has 2 nitrogen and oxygen atoms in total. The number of hydrogen-bond acceptors (Lipinski definition) is 1. The van der Waals surface area contributed by atoms with Crippen molar-refractivity contribution in [2.75, 3.05) is 0 Å². The Hall–Kier alpha value is -1.44. The highest BCUT2D eigenvalue weighted by Gasteiger charge is 2.26. The van der Waals surface area contributed by atoms with Crippen LogP contribution in [0.3, 0.4) is 0 Å². The normalized spacial score (nSPS) is 14.4. The highest BCUT2D eigenvalue weighted by Crippen LogP contribution is 2.38. The molecule has 0 saturated heterocycles. The maximum Gasteiger partial charge on any atom is 0.261 e. The molecule has 2 aromatic carbocycles. The molecular formula is C12H10FO2P. The van der Waals surface area contributed by atoms with Crippen LogP contribution in [0.2, 0.25) is 0 Å². The molecule has 2 rings (SSSR count). The molecule has 4 heteroatoms. The van der Waals surface area contributed by atoms with E-state index in [1.807, 2.05) is 0 Å². The van der Waals surface area contributed by atoms with Crippen molar-refractivity contribution >= 4 is 18.0 Å². The summed E-state index contributed by atoms with van der Waals surface area (Å²) in [6.45, 7) is 0. The maximum absolute atomic E-state index is 13.4. The molecule has 0 heterocycles. The van der Waals surface area contributed by atoms with E-state index in [9.17, 15) is 13.8 Å². The van der Waals surface area contributed by atoms with Gasteiger partial charge >= 0.3 is 0 Å². The molecule has 0 saturated carbocycles. The molecule has 2 aromatic rings. The molecule has 0 spiro atoms. The van der Waals surface area contributed by atoms with Gasteiger partial charge in [-0.15, -0.1) is 0 Å². The minimum absolute atomic E-state index is 0.152. The quantitative estimate of drug-likeness (QED) is 0.810. The van der Waals surface area contributed by atoms with E-state index in [4.69, 9.17) is 0 Å². The van der Waals surface area contributed by atoms with Crippen LogP contribution in [0, 0.1) is 5.82 Å². The predicted octanol–water partition coefficient (Wildman–Crippen LogP) is 2.05. The van der Waals surface area contributed by atoms with Gasteiger partial charge in [0.15, 0.2) is 0 Å². The average molecular weight is 236 g/mol. The summed E-state index contributed by atoms with van der Waals surface area (Å²) in [7, 11) is -3.81. The lowest BCUT2D eigenvalue weighted by molar-refractivity contribution is 0.498. The van der Waals surface area contributed by atoms with E-state index in [-0.39, 0.29) is 10.6 Å². The highest BCUT2D eigenvalue weighted by atomic mass is 31.2. The van der Waals surface area contributed by atoms with E-state index in [2.05, 4.69) is 0 Å². The number of rotatable bonds is 2. The van der Waals surface area contributed by atoms with Crippen LogP contribution in [-0.2, 0) is 4.57 Å². The van der Waals surface area contributed by atoms with Gasteiger partial charge in [0.1, 0.15) is 5.82 Å². The van der Waals surface area contributed by atoms with Crippen LogP contribution in [0.25, 0.3) is 0 Å². The lowest BCUT2D eigenvalue weighted by Crippen LogP contribution is -2.18. The summed E-state index contributed by atoms with van der Waals surface area (Å²) in [5.74, 6) is -0.655. The standard InChI is InChI=1S/C12H10FO2P/c13-11-8-4-5-9-12(11)16(14,15)10-6-2-1-3-7-10/h1-9H,(H,14,15). The Kier molecular flexibility index (Phi) is 2.90. The monoisotopic (exact) mass is 236 g/mol. The summed E-state index contributed by atoms with van der Waals surface area (Å²) in [4.78, 5) is 9.95. The van der Waals surface area contributed by atoms with Gasteiger partial charge in [0, 0.05) is 5.30 Å². The molecule has 16 heavy (non-hydrogen) atoms. The smallest absolute Gasteiger partial charge is 0.261 e. The molecular weight excluding hydrogens is 226 g/mol. The van der Waals surface area contributed by atoms with Crippen molar-refractivity contribution < 1.29 is 13.8 Å². The second kappa shape index (κ2) is 4.20. The SMILES string of the molecule is O=P(O)(c1ccccc1)c1ccccc1F. The number of hydrogen-bond donors (Lipinski definition) is 1. The van der Waals surface area contributed by atoms with Gasteiger partial charge in [0.05, 0.1) is 5.30 Å². The summed E-state index contributed by atoms with van der Waals surface area (Å²) in [5.41, 5.74) is 0. The Morgan fingerprint density at radius 1 is 0.938 bits per heavy atom. The summed E-state index contributed by atoms with van der Waals surface area (Å²) >= 11 is 0. The molecule has 82 valence electrons. The fourth-order valence-corrected chi connectivity index (χ4v) is 2.97. The first kappa shape index (κ1) is 11.1. The second-order valence-electron chi connectivity index (χ2n) is 3.36. The number of benzene rings is 2. The molecule has 0 radical (unpaired) electrons. The Balaban J connectivity index is 2.56. The van der Waals surface area contributed by atoms with E-state index in [0.29, 0.717) is 0 Å². The lowest BCUT2D eigenvalue weighted by atomic mass is 10.3. The van der Waals surface area contributed by atoms with Crippen LogP contribution in [0.1, 0.15) is 0 Å². The molecule has 0 aliphatic carbocycles. The summed E-state index contributed by atoms with van der Waals surface area (Å²) in [6, 6.07) is 13.6.